The Kier molecular flexibility index (Phi) is 7.40. The largest absolute Gasteiger partial charge is 0.493 e. The number of hydrogen-bond donors (Lipinski definition) is 1. The van der Waals surface area contributed by atoms with Gasteiger partial charge in [-0.25, -0.2) is 9.59 Å². The van der Waals surface area contributed by atoms with Gasteiger partial charge in [0.1, 0.15) is 0 Å². The van der Waals surface area contributed by atoms with Crippen LogP contribution >= 0.6 is 0 Å². The summed E-state index contributed by atoms with van der Waals surface area (Å²) in [6.07, 6.45) is 0. The van der Waals surface area contributed by atoms with Gasteiger partial charge in [-0.2, -0.15) is 0 Å². The highest BCUT2D eigenvalue weighted by Crippen LogP contribution is 2.36. The maximum atomic E-state index is 13.1. The van der Waals surface area contributed by atoms with E-state index in [0.29, 0.717) is 29.3 Å². The average Bonchev–Trinajstić information content (AvgIpc) is 2.77. The molecule has 0 radical (unpaired) electrons. The number of amides is 2. The van der Waals surface area contributed by atoms with Crippen molar-refractivity contribution in [2.45, 2.75) is 13.0 Å². The predicted molar refractivity (Wildman–Crippen MR) is 116 cm³/mol. The molecule has 2 amide bonds. The van der Waals surface area contributed by atoms with Crippen LogP contribution < -0.4 is 14.8 Å². The molecule has 1 atom stereocenters. The Morgan fingerprint density at radius 1 is 1.10 bits per heavy atom. The van der Waals surface area contributed by atoms with Crippen molar-refractivity contribution in [3.8, 4) is 11.5 Å². The lowest BCUT2D eigenvalue weighted by molar-refractivity contribution is -0.139. The molecule has 2 aliphatic heterocycles. The number of hydrogen-bond acceptors (Lipinski definition) is 7. The second-order valence-corrected chi connectivity index (χ2v) is 7.72. The van der Waals surface area contributed by atoms with Gasteiger partial charge in [-0.15, -0.1) is 0 Å². The topological polar surface area (TPSA) is 83.6 Å². The summed E-state index contributed by atoms with van der Waals surface area (Å²) in [6.45, 7) is 6.14. The Morgan fingerprint density at radius 3 is 2.39 bits per heavy atom. The molecule has 31 heavy (non-hydrogen) atoms. The van der Waals surface area contributed by atoms with Crippen LogP contribution in [0.1, 0.15) is 18.5 Å². The third-order valence-corrected chi connectivity index (χ3v) is 5.78. The van der Waals surface area contributed by atoms with Crippen molar-refractivity contribution < 1.29 is 23.8 Å². The quantitative estimate of drug-likeness (QED) is 0.653. The van der Waals surface area contributed by atoms with E-state index >= 15 is 0 Å². The van der Waals surface area contributed by atoms with E-state index < -0.39 is 12.0 Å². The minimum atomic E-state index is -0.648. The number of methoxy groups -OCH3 is 2. The van der Waals surface area contributed by atoms with Gasteiger partial charge in [-0.1, -0.05) is 6.07 Å². The molecule has 1 fully saturated rings. The van der Waals surface area contributed by atoms with Crippen molar-refractivity contribution in [2.24, 2.45) is 0 Å². The van der Waals surface area contributed by atoms with Crippen molar-refractivity contribution in [1.82, 2.24) is 20.0 Å². The van der Waals surface area contributed by atoms with Crippen LogP contribution in [0, 0.1) is 0 Å². The summed E-state index contributed by atoms with van der Waals surface area (Å²) in [7, 11) is 6.89. The van der Waals surface area contributed by atoms with Gasteiger partial charge >= 0.3 is 12.0 Å². The SMILES string of the molecule is CCOC(=O)C1=C(CN2CCN(C)CC2)N(C)C(=O)N[C@@H]1c1ccc(OC)c(OC)c1. The summed E-state index contributed by atoms with van der Waals surface area (Å²) in [5.74, 6) is 0.667. The molecule has 0 bridgehead atoms. The fourth-order valence-corrected chi connectivity index (χ4v) is 3.90. The number of carbonyl (C=O) groups excluding carboxylic acids is 2. The lowest BCUT2D eigenvalue weighted by Gasteiger charge is -2.39. The molecule has 2 aliphatic rings. The molecule has 2 heterocycles. The van der Waals surface area contributed by atoms with E-state index in [1.54, 1.807) is 40.3 Å². The van der Waals surface area contributed by atoms with Gasteiger partial charge in [-0.3, -0.25) is 9.80 Å². The first kappa shape index (κ1) is 22.9. The van der Waals surface area contributed by atoms with Crippen molar-refractivity contribution in [2.75, 3.05) is 67.6 Å². The summed E-state index contributed by atoms with van der Waals surface area (Å²) in [5.41, 5.74) is 1.82. The highest BCUT2D eigenvalue weighted by Gasteiger charge is 2.37. The van der Waals surface area contributed by atoms with Crippen LogP contribution in [0.2, 0.25) is 0 Å². The number of nitrogens with one attached hydrogen (secondary N) is 1. The molecule has 0 unspecified atom stereocenters. The number of benzene rings is 1. The maximum absolute atomic E-state index is 13.1. The zero-order valence-corrected chi connectivity index (χ0v) is 18.9. The van der Waals surface area contributed by atoms with E-state index in [-0.39, 0.29) is 12.6 Å². The average molecular weight is 433 g/mol. The number of urea groups is 1. The molecule has 3 rings (SSSR count). The third kappa shape index (κ3) is 4.94. The van der Waals surface area contributed by atoms with Gasteiger partial charge in [0.05, 0.1) is 32.4 Å². The van der Waals surface area contributed by atoms with E-state index in [9.17, 15) is 9.59 Å². The number of carbonyl (C=O) groups is 2. The highest BCUT2D eigenvalue weighted by molar-refractivity contribution is 5.95. The minimum absolute atomic E-state index is 0.250. The zero-order valence-electron chi connectivity index (χ0n) is 18.9. The first-order valence-corrected chi connectivity index (χ1v) is 10.5. The summed E-state index contributed by atoms with van der Waals surface area (Å²) in [4.78, 5) is 31.9. The van der Waals surface area contributed by atoms with E-state index in [2.05, 4.69) is 22.2 Å². The summed E-state index contributed by atoms with van der Waals surface area (Å²) in [5, 5.41) is 2.94. The number of piperazine rings is 1. The summed E-state index contributed by atoms with van der Waals surface area (Å²) < 4.78 is 16.1. The van der Waals surface area contributed by atoms with Gasteiger partial charge in [0.15, 0.2) is 11.5 Å². The number of esters is 1. The lowest BCUT2D eigenvalue weighted by Crippen LogP contribution is -2.51. The molecule has 170 valence electrons. The first-order chi connectivity index (χ1) is 14.9. The number of ether oxygens (including phenoxy) is 3. The second-order valence-electron chi connectivity index (χ2n) is 7.72. The van der Waals surface area contributed by atoms with Gasteiger partial charge in [0.25, 0.3) is 0 Å². The lowest BCUT2D eigenvalue weighted by atomic mass is 9.94. The van der Waals surface area contributed by atoms with Crippen LogP contribution in [0.3, 0.4) is 0 Å². The molecule has 1 N–H and O–H groups in total. The van der Waals surface area contributed by atoms with Crippen LogP contribution in [0.15, 0.2) is 29.5 Å². The van der Waals surface area contributed by atoms with Gasteiger partial charge in [0, 0.05) is 45.5 Å². The zero-order chi connectivity index (χ0) is 22.5. The van der Waals surface area contributed by atoms with Crippen LogP contribution in [-0.2, 0) is 9.53 Å². The second kappa shape index (κ2) is 10.0. The molecule has 0 spiro atoms. The van der Waals surface area contributed by atoms with E-state index in [0.717, 1.165) is 31.7 Å². The van der Waals surface area contributed by atoms with Gasteiger partial charge in [0.2, 0.25) is 0 Å². The van der Waals surface area contributed by atoms with Crippen LogP contribution in [0.4, 0.5) is 4.79 Å². The molecule has 1 aromatic rings. The highest BCUT2D eigenvalue weighted by atomic mass is 16.5. The van der Waals surface area contributed by atoms with Crippen molar-refractivity contribution in [3.05, 3.63) is 35.0 Å². The monoisotopic (exact) mass is 432 g/mol. The molecule has 9 heteroatoms. The number of nitrogens with zero attached hydrogens (tertiary/aromatic N) is 3. The standard InChI is InChI=1S/C22H32N4O5/c1-6-31-21(27)19-16(14-26-11-9-24(2)10-12-26)25(3)22(28)23-20(19)15-7-8-17(29-4)18(13-15)30-5/h7-8,13,20H,6,9-12,14H2,1-5H3,(H,23,28)/t20-/m1/s1. The van der Waals surface area contributed by atoms with Crippen molar-refractivity contribution in [1.29, 1.82) is 0 Å². The van der Waals surface area contributed by atoms with Crippen LogP contribution in [0.25, 0.3) is 0 Å². The van der Waals surface area contributed by atoms with Gasteiger partial charge < -0.3 is 24.4 Å². The van der Waals surface area contributed by atoms with E-state index in [4.69, 9.17) is 14.2 Å². The fourth-order valence-electron chi connectivity index (χ4n) is 3.90. The van der Waals surface area contributed by atoms with Crippen molar-refractivity contribution >= 4 is 12.0 Å². The molecular formula is C22H32N4O5. The molecule has 1 saturated heterocycles. The predicted octanol–water partition coefficient (Wildman–Crippen LogP) is 1.46. The minimum Gasteiger partial charge on any atom is -0.493 e. The van der Waals surface area contributed by atoms with E-state index in [1.807, 2.05) is 6.07 Å². The summed E-state index contributed by atoms with van der Waals surface area (Å²) >= 11 is 0. The smallest absolute Gasteiger partial charge is 0.338 e. The van der Waals surface area contributed by atoms with Crippen LogP contribution in [0.5, 0.6) is 11.5 Å². The normalized spacial score (nSPS) is 20.5. The Bertz CT molecular complexity index is 848. The first-order valence-electron chi connectivity index (χ1n) is 10.5. The Labute approximate surface area is 183 Å². The Hall–Kier alpha value is -2.78. The number of rotatable bonds is 7. The molecule has 9 nitrogen and oxygen atoms in total. The number of likely N-dealkylation sites (N-methyl/N-ethyl adjacent to an activating group) is 2. The maximum Gasteiger partial charge on any atom is 0.338 e. The Balaban J connectivity index is 2.05. The molecule has 0 aliphatic carbocycles. The molecule has 0 saturated carbocycles. The molecule has 0 aromatic heterocycles. The molecule has 1 aromatic carbocycles. The van der Waals surface area contributed by atoms with Gasteiger partial charge in [-0.05, 0) is 31.7 Å². The molecular weight excluding hydrogens is 400 g/mol. The van der Waals surface area contributed by atoms with E-state index in [1.165, 1.54) is 4.90 Å². The Morgan fingerprint density at radius 2 is 1.77 bits per heavy atom. The summed E-state index contributed by atoms with van der Waals surface area (Å²) in [6, 6.07) is 4.45. The van der Waals surface area contributed by atoms with Crippen molar-refractivity contribution in [3.63, 3.8) is 0 Å². The fraction of sp³-hybridized carbons (Fsp3) is 0.545. The third-order valence-electron chi connectivity index (χ3n) is 5.78. The van der Waals surface area contributed by atoms with Crippen LogP contribution in [-0.4, -0.2) is 94.3 Å².